The van der Waals surface area contributed by atoms with Crippen molar-refractivity contribution in [3.8, 4) is 0 Å². The topological polar surface area (TPSA) is 68.7 Å². The van der Waals surface area contributed by atoms with E-state index in [-0.39, 0.29) is 23.3 Å². The Labute approximate surface area is 125 Å². The SMILES string of the molecule is Cc1occc1CN(C)C(=O)C1(N)C2CCOC2C1(C)C. The number of ether oxygens (including phenoxy) is 1. The molecule has 0 bridgehead atoms. The highest BCUT2D eigenvalue weighted by Gasteiger charge is 2.71. The molecule has 1 aliphatic carbocycles. The van der Waals surface area contributed by atoms with Gasteiger partial charge < -0.3 is 19.8 Å². The zero-order valence-corrected chi connectivity index (χ0v) is 13.2. The normalized spacial score (nSPS) is 33.4. The quantitative estimate of drug-likeness (QED) is 0.920. The van der Waals surface area contributed by atoms with E-state index in [1.54, 1.807) is 11.2 Å². The van der Waals surface area contributed by atoms with Crippen molar-refractivity contribution < 1.29 is 13.9 Å². The summed E-state index contributed by atoms with van der Waals surface area (Å²) in [6.45, 7) is 7.20. The number of fused-ring (bicyclic) bond motifs is 1. The lowest BCUT2D eigenvalue weighted by atomic mass is 9.47. The molecule has 1 aliphatic heterocycles. The summed E-state index contributed by atoms with van der Waals surface area (Å²) in [6.07, 6.45) is 2.63. The highest BCUT2D eigenvalue weighted by Crippen LogP contribution is 2.58. The number of furan rings is 1. The van der Waals surface area contributed by atoms with Crippen LogP contribution in [0.25, 0.3) is 0 Å². The third-order valence-electron chi connectivity index (χ3n) is 5.53. The Balaban J connectivity index is 1.79. The van der Waals surface area contributed by atoms with E-state index in [9.17, 15) is 4.79 Å². The molecule has 5 nitrogen and oxygen atoms in total. The van der Waals surface area contributed by atoms with Gasteiger partial charge in [-0.3, -0.25) is 4.79 Å². The second-order valence-electron chi connectivity index (χ2n) is 6.94. The molecule has 3 unspecified atom stereocenters. The Hall–Kier alpha value is -1.33. The standard InChI is InChI=1S/C16H24N2O3/c1-10-11(5-7-20-10)9-18(4)14(19)16(17)12-6-8-21-13(12)15(16,2)3/h5,7,12-13H,6,8-9,17H2,1-4H3. The van der Waals surface area contributed by atoms with Gasteiger partial charge in [-0.05, 0) is 19.4 Å². The summed E-state index contributed by atoms with van der Waals surface area (Å²) in [7, 11) is 1.81. The number of nitrogens with two attached hydrogens (primary N) is 1. The Morgan fingerprint density at radius 2 is 2.24 bits per heavy atom. The molecule has 2 aliphatic rings. The third kappa shape index (κ3) is 1.80. The molecule has 2 heterocycles. The van der Waals surface area contributed by atoms with Gasteiger partial charge in [-0.1, -0.05) is 13.8 Å². The predicted octanol–water partition coefficient (Wildman–Crippen LogP) is 1.69. The maximum atomic E-state index is 13.0. The largest absolute Gasteiger partial charge is 0.469 e. The van der Waals surface area contributed by atoms with E-state index < -0.39 is 5.54 Å². The minimum atomic E-state index is -0.833. The van der Waals surface area contributed by atoms with Gasteiger partial charge in [0.25, 0.3) is 0 Å². The first kappa shape index (κ1) is 14.6. The maximum Gasteiger partial charge on any atom is 0.243 e. The smallest absolute Gasteiger partial charge is 0.243 e. The van der Waals surface area contributed by atoms with Gasteiger partial charge in [0.15, 0.2) is 0 Å². The van der Waals surface area contributed by atoms with Crippen molar-refractivity contribution in [2.24, 2.45) is 17.1 Å². The molecule has 1 aromatic heterocycles. The van der Waals surface area contributed by atoms with Crippen molar-refractivity contribution in [3.05, 3.63) is 23.7 Å². The second-order valence-corrected chi connectivity index (χ2v) is 6.94. The van der Waals surface area contributed by atoms with Crippen LogP contribution >= 0.6 is 0 Å². The maximum absolute atomic E-state index is 13.0. The molecule has 1 amide bonds. The summed E-state index contributed by atoms with van der Waals surface area (Å²) < 4.78 is 11.0. The van der Waals surface area contributed by atoms with Crippen LogP contribution < -0.4 is 5.73 Å². The Kier molecular flexibility index (Phi) is 3.19. The molecule has 2 N–H and O–H groups in total. The fraction of sp³-hybridized carbons (Fsp3) is 0.688. The van der Waals surface area contributed by atoms with Crippen LogP contribution in [0.15, 0.2) is 16.7 Å². The molecule has 116 valence electrons. The number of aryl methyl sites for hydroxylation is 1. The first-order chi connectivity index (χ1) is 9.80. The van der Waals surface area contributed by atoms with Crippen molar-refractivity contribution in [1.29, 1.82) is 0 Å². The average molecular weight is 292 g/mol. The van der Waals surface area contributed by atoms with Gasteiger partial charge >= 0.3 is 0 Å². The molecule has 1 saturated heterocycles. The van der Waals surface area contributed by atoms with Crippen molar-refractivity contribution in [2.45, 2.75) is 45.4 Å². The molecule has 21 heavy (non-hydrogen) atoms. The number of hydrogen-bond donors (Lipinski definition) is 1. The lowest BCUT2D eigenvalue weighted by molar-refractivity contribution is -0.183. The molecule has 3 rings (SSSR count). The lowest BCUT2D eigenvalue weighted by Crippen LogP contribution is -2.80. The summed E-state index contributed by atoms with van der Waals surface area (Å²) in [4.78, 5) is 14.7. The molecule has 0 spiro atoms. The summed E-state index contributed by atoms with van der Waals surface area (Å²) in [5, 5.41) is 0. The van der Waals surface area contributed by atoms with Gasteiger partial charge in [0.05, 0.1) is 12.4 Å². The van der Waals surface area contributed by atoms with Crippen LogP contribution in [-0.2, 0) is 16.1 Å². The van der Waals surface area contributed by atoms with Gasteiger partial charge in [-0.2, -0.15) is 0 Å². The number of hydrogen-bond acceptors (Lipinski definition) is 4. The highest BCUT2D eigenvalue weighted by atomic mass is 16.5. The van der Waals surface area contributed by atoms with Crippen LogP contribution in [0.1, 0.15) is 31.6 Å². The number of nitrogens with zero attached hydrogens (tertiary/aromatic N) is 1. The predicted molar refractivity (Wildman–Crippen MR) is 78.5 cm³/mol. The minimum absolute atomic E-state index is 0.000139. The van der Waals surface area contributed by atoms with E-state index in [4.69, 9.17) is 14.9 Å². The summed E-state index contributed by atoms with van der Waals surface area (Å²) in [6, 6.07) is 1.90. The van der Waals surface area contributed by atoms with Crippen LogP contribution in [0.3, 0.4) is 0 Å². The lowest BCUT2D eigenvalue weighted by Gasteiger charge is -2.61. The van der Waals surface area contributed by atoms with E-state index in [2.05, 4.69) is 0 Å². The van der Waals surface area contributed by atoms with Crippen molar-refractivity contribution in [3.63, 3.8) is 0 Å². The van der Waals surface area contributed by atoms with Crippen molar-refractivity contribution in [1.82, 2.24) is 4.90 Å². The van der Waals surface area contributed by atoms with Crippen LogP contribution in [0.2, 0.25) is 0 Å². The van der Waals surface area contributed by atoms with Gasteiger partial charge in [0, 0.05) is 37.1 Å². The molecular weight excluding hydrogens is 268 g/mol. The number of likely N-dealkylation sites (N-methyl/N-ethyl adjacent to an activating group) is 1. The Morgan fingerprint density at radius 1 is 1.52 bits per heavy atom. The highest BCUT2D eigenvalue weighted by molar-refractivity contribution is 5.89. The molecule has 5 heteroatoms. The number of carbonyl (C=O) groups is 1. The van der Waals surface area contributed by atoms with Crippen LogP contribution in [-0.4, -0.2) is 36.1 Å². The summed E-state index contributed by atoms with van der Waals surface area (Å²) in [5.74, 6) is 0.975. The number of carbonyl (C=O) groups excluding carboxylic acids is 1. The Morgan fingerprint density at radius 3 is 2.86 bits per heavy atom. The van der Waals surface area contributed by atoms with Crippen molar-refractivity contribution >= 4 is 5.91 Å². The van der Waals surface area contributed by atoms with E-state index in [0.29, 0.717) is 13.2 Å². The van der Waals surface area contributed by atoms with Gasteiger partial charge in [0.1, 0.15) is 11.3 Å². The number of rotatable bonds is 3. The molecule has 1 saturated carbocycles. The zero-order valence-electron chi connectivity index (χ0n) is 13.2. The zero-order chi connectivity index (χ0) is 15.4. The van der Waals surface area contributed by atoms with E-state index in [1.165, 1.54) is 0 Å². The second kappa shape index (κ2) is 4.58. The molecule has 1 aromatic rings. The monoisotopic (exact) mass is 292 g/mol. The number of amides is 1. The fourth-order valence-corrected chi connectivity index (χ4v) is 4.04. The van der Waals surface area contributed by atoms with Crippen molar-refractivity contribution in [2.75, 3.05) is 13.7 Å². The van der Waals surface area contributed by atoms with Gasteiger partial charge in [0.2, 0.25) is 5.91 Å². The van der Waals surface area contributed by atoms with E-state index in [1.807, 2.05) is 33.9 Å². The first-order valence-corrected chi connectivity index (χ1v) is 7.49. The fourth-order valence-electron chi connectivity index (χ4n) is 4.04. The molecule has 3 atom stereocenters. The van der Waals surface area contributed by atoms with E-state index in [0.717, 1.165) is 17.7 Å². The molecule has 2 fully saturated rings. The van der Waals surface area contributed by atoms with Crippen LogP contribution in [0, 0.1) is 18.3 Å². The van der Waals surface area contributed by atoms with Crippen LogP contribution in [0.5, 0.6) is 0 Å². The first-order valence-electron chi connectivity index (χ1n) is 7.49. The molecule has 0 radical (unpaired) electrons. The summed E-state index contributed by atoms with van der Waals surface area (Å²) >= 11 is 0. The average Bonchev–Trinajstić information content (AvgIpc) is 3.06. The minimum Gasteiger partial charge on any atom is -0.469 e. The van der Waals surface area contributed by atoms with Crippen LogP contribution in [0.4, 0.5) is 0 Å². The molecule has 0 aromatic carbocycles. The third-order valence-corrected chi connectivity index (χ3v) is 5.53. The van der Waals surface area contributed by atoms with Gasteiger partial charge in [-0.15, -0.1) is 0 Å². The van der Waals surface area contributed by atoms with E-state index >= 15 is 0 Å². The summed E-state index contributed by atoms with van der Waals surface area (Å²) in [5.41, 5.74) is 6.44. The Bertz CT molecular complexity index is 566. The van der Waals surface area contributed by atoms with Gasteiger partial charge in [-0.25, -0.2) is 0 Å². The molecular formula is C16H24N2O3.